The van der Waals surface area contributed by atoms with Gasteiger partial charge in [0.1, 0.15) is 0 Å². The quantitative estimate of drug-likeness (QED) is 0.400. The average molecular weight is 264 g/mol. The first-order chi connectivity index (χ1) is 3.46. The van der Waals surface area contributed by atoms with Gasteiger partial charge >= 0.3 is 68.5 Å². The van der Waals surface area contributed by atoms with Gasteiger partial charge in [0.2, 0.25) is 0 Å². The van der Waals surface area contributed by atoms with Crippen LogP contribution in [0.25, 0.3) is 0 Å². The fourth-order valence-electron chi connectivity index (χ4n) is 0. The standard InChI is InChI=1S/Mg.2O3Si.Sr/c;2*1-4(2)3;/q+2;2*-2;+2. The fourth-order valence-corrected chi connectivity index (χ4v) is 0. The first-order valence-corrected chi connectivity index (χ1v) is 3.67. The molecule has 48 valence electrons. The molecule has 0 saturated heterocycles. The summed E-state index contributed by atoms with van der Waals surface area (Å²) in [5.74, 6) is 0. The third-order valence-electron chi connectivity index (χ3n) is 0. The van der Waals surface area contributed by atoms with E-state index < -0.39 is 18.3 Å². The molecule has 0 saturated carbocycles. The third-order valence-corrected chi connectivity index (χ3v) is 0. The van der Waals surface area contributed by atoms with Crippen molar-refractivity contribution in [2.24, 2.45) is 0 Å². The summed E-state index contributed by atoms with van der Waals surface area (Å²) in [7, 11) is -7.26. The molecule has 0 unspecified atom stereocenters. The van der Waals surface area contributed by atoms with E-state index in [0.717, 1.165) is 0 Å². The van der Waals surface area contributed by atoms with Gasteiger partial charge in [-0.25, -0.2) is 0 Å². The molecule has 0 radical (unpaired) electrons. The van der Waals surface area contributed by atoms with Crippen LogP contribution in [0, 0.1) is 0 Å². The monoisotopic (exact) mass is 264 g/mol. The average Bonchev–Trinajstić information content (AvgIpc) is 1.25. The largest absolute Gasteiger partial charge is 2.00 e. The van der Waals surface area contributed by atoms with Crippen molar-refractivity contribution in [2.45, 2.75) is 0 Å². The Labute approximate surface area is 113 Å². The van der Waals surface area contributed by atoms with Crippen LogP contribution in [0.15, 0.2) is 0 Å². The van der Waals surface area contributed by atoms with Crippen molar-refractivity contribution in [3.05, 3.63) is 0 Å². The van der Waals surface area contributed by atoms with Crippen LogP contribution < -0.4 is 19.2 Å². The van der Waals surface area contributed by atoms with Crippen LogP contribution in [-0.2, 0) is 8.92 Å². The van der Waals surface area contributed by atoms with Crippen LogP contribution in [-0.4, -0.2) is 86.9 Å². The number of hydrogen-bond donors (Lipinski definition) is 0. The van der Waals surface area contributed by atoms with Gasteiger partial charge in [0.15, 0.2) is 0 Å². The van der Waals surface area contributed by atoms with Gasteiger partial charge in [-0.3, -0.25) is 0 Å². The van der Waals surface area contributed by atoms with Gasteiger partial charge in [-0.05, 0) is 0 Å². The zero-order valence-electron chi connectivity index (χ0n) is 4.86. The van der Waals surface area contributed by atoms with Gasteiger partial charge in [0, 0.05) is 18.3 Å². The zero-order chi connectivity index (χ0) is 7.15. The van der Waals surface area contributed by atoms with E-state index in [2.05, 4.69) is 0 Å². The van der Waals surface area contributed by atoms with Gasteiger partial charge < -0.3 is 28.1 Å². The SMILES string of the molecule is O=[Si]([O-])[O-].O=[Si]([O-])[O-].[Mg+2].[Sr+2]. The Morgan fingerprint density at radius 2 is 0.800 bits per heavy atom. The molecule has 10 heteroatoms. The molecule has 0 aromatic rings. The van der Waals surface area contributed by atoms with Crippen LogP contribution in [0.4, 0.5) is 0 Å². The van der Waals surface area contributed by atoms with E-state index in [1.807, 2.05) is 0 Å². The predicted octanol–water partition coefficient (Wildman–Crippen LogP) is -6.52. The van der Waals surface area contributed by atoms with Crippen LogP contribution in [0.2, 0.25) is 0 Å². The molecule has 0 heterocycles. The van der Waals surface area contributed by atoms with Gasteiger partial charge in [-0.15, -0.1) is 0 Å². The maximum Gasteiger partial charge on any atom is 2.00 e. The van der Waals surface area contributed by atoms with Crippen molar-refractivity contribution >= 4 is 86.9 Å². The van der Waals surface area contributed by atoms with E-state index in [1.54, 1.807) is 0 Å². The van der Waals surface area contributed by atoms with Gasteiger partial charge in [-0.2, -0.15) is 0 Å². The molecule has 0 spiro atoms. The van der Waals surface area contributed by atoms with E-state index in [9.17, 15) is 0 Å². The van der Waals surface area contributed by atoms with Crippen molar-refractivity contribution < 1.29 is 28.1 Å². The predicted molar refractivity (Wildman–Crippen MR) is 24.4 cm³/mol. The molecular formula is MgO6Si2Sr. The minimum Gasteiger partial charge on any atom is -0.672 e. The van der Waals surface area contributed by atoms with Gasteiger partial charge in [0.25, 0.3) is 0 Å². The summed E-state index contributed by atoms with van der Waals surface area (Å²) < 4.78 is 17.0. The van der Waals surface area contributed by atoms with Crippen LogP contribution >= 0.6 is 0 Å². The van der Waals surface area contributed by atoms with Gasteiger partial charge in [0.05, 0.1) is 0 Å². The van der Waals surface area contributed by atoms with Crippen LogP contribution in [0.5, 0.6) is 0 Å². The van der Waals surface area contributed by atoms with Crippen molar-refractivity contribution in [1.82, 2.24) is 0 Å². The van der Waals surface area contributed by atoms with E-state index in [4.69, 9.17) is 28.1 Å². The molecule has 0 aromatic heterocycles. The summed E-state index contributed by atoms with van der Waals surface area (Å²) >= 11 is 0. The van der Waals surface area contributed by atoms with Crippen molar-refractivity contribution in [3.8, 4) is 0 Å². The minimum absolute atomic E-state index is 0. The smallest absolute Gasteiger partial charge is 0.672 e. The number of rotatable bonds is 0. The number of hydrogen-bond acceptors (Lipinski definition) is 6. The second-order valence-electron chi connectivity index (χ2n) is 0.500. The molecule has 0 rings (SSSR count). The first kappa shape index (κ1) is 22.5. The maximum absolute atomic E-state index is 8.52. The molecule has 0 bridgehead atoms. The second kappa shape index (κ2) is 16.8. The Hall–Kier alpha value is 1.48. The Balaban J connectivity index is -0.0000000300. The first-order valence-electron chi connectivity index (χ1n) is 1.22. The fraction of sp³-hybridized carbons (Fsp3) is 0. The molecule has 0 N–H and O–H groups in total. The molecule has 0 amide bonds. The molecule has 6 nitrogen and oxygen atoms in total. The Kier molecular flexibility index (Phi) is 37.9. The molecule has 10 heavy (non-hydrogen) atoms. The van der Waals surface area contributed by atoms with Crippen LogP contribution in [0.1, 0.15) is 0 Å². The Morgan fingerprint density at radius 1 is 0.800 bits per heavy atom. The Morgan fingerprint density at radius 3 is 0.800 bits per heavy atom. The third kappa shape index (κ3) is 311. The van der Waals surface area contributed by atoms with E-state index >= 15 is 0 Å². The van der Waals surface area contributed by atoms with E-state index in [-0.39, 0.29) is 68.5 Å². The van der Waals surface area contributed by atoms with Crippen LogP contribution in [0.3, 0.4) is 0 Å². The van der Waals surface area contributed by atoms with E-state index in [0.29, 0.717) is 0 Å². The summed E-state index contributed by atoms with van der Waals surface area (Å²) in [6.07, 6.45) is 0. The molecule has 0 aliphatic carbocycles. The van der Waals surface area contributed by atoms with Crippen molar-refractivity contribution in [2.75, 3.05) is 0 Å². The molecule has 0 atom stereocenters. The summed E-state index contributed by atoms with van der Waals surface area (Å²) in [5.41, 5.74) is 0. The Bertz CT molecular complexity index is 73.7. The normalized spacial score (nSPS) is 4.80. The summed E-state index contributed by atoms with van der Waals surface area (Å²) in [6.45, 7) is 0. The van der Waals surface area contributed by atoms with Crippen molar-refractivity contribution in [3.63, 3.8) is 0 Å². The molecule has 0 aliphatic rings. The summed E-state index contributed by atoms with van der Waals surface area (Å²) in [5, 5.41) is 0. The molecule has 0 aliphatic heterocycles. The maximum atomic E-state index is 8.52. The molecular weight excluding hydrogens is 264 g/mol. The van der Waals surface area contributed by atoms with E-state index in [1.165, 1.54) is 0 Å². The summed E-state index contributed by atoms with van der Waals surface area (Å²) in [4.78, 5) is 34.1. The minimum atomic E-state index is -3.63. The van der Waals surface area contributed by atoms with Gasteiger partial charge in [-0.1, -0.05) is 0 Å². The topological polar surface area (TPSA) is 126 Å². The molecule has 0 fully saturated rings. The zero-order valence-corrected chi connectivity index (χ0v) is 11.8. The molecule has 0 aromatic carbocycles. The summed E-state index contributed by atoms with van der Waals surface area (Å²) in [6, 6.07) is 0. The van der Waals surface area contributed by atoms with Crippen molar-refractivity contribution in [1.29, 1.82) is 0 Å². The second-order valence-corrected chi connectivity index (χ2v) is 1.50.